The number of nitrogens with zero attached hydrogens (tertiary/aromatic N) is 3. The molecule has 0 radical (unpaired) electrons. The van der Waals surface area contributed by atoms with E-state index >= 15 is 0 Å². The second kappa shape index (κ2) is 7.47. The summed E-state index contributed by atoms with van der Waals surface area (Å²) in [5.41, 5.74) is 1.35. The number of rotatable bonds is 3. The molecule has 1 aromatic carbocycles. The number of fused-ring (bicyclic) bond motifs is 1. The Morgan fingerprint density at radius 3 is 2.89 bits per heavy atom. The van der Waals surface area contributed by atoms with Gasteiger partial charge < -0.3 is 9.80 Å². The SMILES string of the molecule is O=C(c1cccnc1)N1C[C@H]2CCCC(=O)N(Cc3cccc(F)c3)[C@H]2C1. The normalized spacial score (nSPS) is 22.5. The molecule has 0 aliphatic carbocycles. The predicted molar refractivity (Wildman–Crippen MR) is 98.2 cm³/mol. The molecule has 1 aromatic heterocycles. The molecular formula is C21H22FN3O2. The van der Waals surface area contributed by atoms with Gasteiger partial charge in [-0.1, -0.05) is 12.1 Å². The third-order valence-corrected chi connectivity index (χ3v) is 5.53. The molecule has 5 nitrogen and oxygen atoms in total. The van der Waals surface area contributed by atoms with Crippen LogP contribution in [0.2, 0.25) is 0 Å². The first-order valence-electron chi connectivity index (χ1n) is 9.35. The number of amides is 2. The number of carbonyl (C=O) groups excluding carboxylic acids is 2. The number of hydrogen-bond acceptors (Lipinski definition) is 3. The van der Waals surface area contributed by atoms with Gasteiger partial charge in [0.25, 0.3) is 5.91 Å². The van der Waals surface area contributed by atoms with E-state index in [0.717, 1.165) is 18.4 Å². The van der Waals surface area contributed by atoms with Crippen LogP contribution in [0.3, 0.4) is 0 Å². The quantitative estimate of drug-likeness (QED) is 0.838. The smallest absolute Gasteiger partial charge is 0.255 e. The van der Waals surface area contributed by atoms with Crippen molar-refractivity contribution in [1.29, 1.82) is 0 Å². The Labute approximate surface area is 157 Å². The number of pyridine rings is 1. The number of carbonyl (C=O) groups is 2. The highest BCUT2D eigenvalue weighted by atomic mass is 19.1. The summed E-state index contributed by atoms with van der Waals surface area (Å²) in [6.45, 7) is 1.54. The molecule has 140 valence electrons. The Kier molecular flexibility index (Phi) is 4.88. The lowest BCUT2D eigenvalue weighted by atomic mass is 9.98. The van der Waals surface area contributed by atoms with Gasteiger partial charge in [0.15, 0.2) is 0 Å². The van der Waals surface area contributed by atoms with Crippen molar-refractivity contribution < 1.29 is 14.0 Å². The Balaban J connectivity index is 1.55. The van der Waals surface area contributed by atoms with Gasteiger partial charge in [-0.25, -0.2) is 4.39 Å². The molecule has 4 rings (SSSR count). The lowest BCUT2D eigenvalue weighted by Gasteiger charge is -2.30. The first-order chi connectivity index (χ1) is 13.1. The second-order valence-electron chi connectivity index (χ2n) is 7.32. The Hall–Kier alpha value is -2.76. The van der Waals surface area contributed by atoms with Crippen LogP contribution >= 0.6 is 0 Å². The van der Waals surface area contributed by atoms with Crippen molar-refractivity contribution in [3.05, 3.63) is 65.7 Å². The molecule has 27 heavy (non-hydrogen) atoms. The fourth-order valence-electron chi connectivity index (χ4n) is 4.21. The lowest BCUT2D eigenvalue weighted by Crippen LogP contribution is -2.43. The van der Waals surface area contributed by atoms with Crippen molar-refractivity contribution in [2.75, 3.05) is 13.1 Å². The molecule has 2 saturated heterocycles. The summed E-state index contributed by atoms with van der Waals surface area (Å²) in [6.07, 6.45) is 5.48. The third kappa shape index (κ3) is 3.70. The average Bonchev–Trinajstić information content (AvgIpc) is 3.04. The maximum absolute atomic E-state index is 13.6. The van der Waals surface area contributed by atoms with E-state index in [1.165, 1.54) is 12.1 Å². The van der Waals surface area contributed by atoms with Gasteiger partial charge in [0.2, 0.25) is 5.91 Å². The number of hydrogen-bond donors (Lipinski definition) is 0. The summed E-state index contributed by atoms with van der Waals surface area (Å²) in [6, 6.07) is 9.87. The van der Waals surface area contributed by atoms with Gasteiger partial charge in [-0.05, 0) is 48.6 Å². The van der Waals surface area contributed by atoms with Crippen molar-refractivity contribution in [2.45, 2.75) is 31.8 Å². The zero-order valence-corrected chi connectivity index (χ0v) is 15.1. The Bertz CT molecular complexity index is 842. The predicted octanol–water partition coefficient (Wildman–Crippen LogP) is 2.87. The number of halogens is 1. The molecule has 2 fully saturated rings. The summed E-state index contributed by atoms with van der Waals surface area (Å²) in [7, 11) is 0. The molecular weight excluding hydrogens is 345 g/mol. The van der Waals surface area contributed by atoms with E-state index in [4.69, 9.17) is 0 Å². The van der Waals surface area contributed by atoms with E-state index in [9.17, 15) is 14.0 Å². The Morgan fingerprint density at radius 1 is 1.22 bits per heavy atom. The van der Waals surface area contributed by atoms with Crippen molar-refractivity contribution in [3.63, 3.8) is 0 Å². The summed E-state index contributed by atoms with van der Waals surface area (Å²) >= 11 is 0. The van der Waals surface area contributed by atoms with E-state index in [1.807, 2.05) is 15.9 Å². The van der Waals surface area contributed by atoms with Crippen LogP contribution in [-0.2, 0) is 11.3 Å². The van der Waals surface area contributed by atoms with Crippen molar-refractivity contribution in [1.82, 2.24) is 14.8 Å². The van der Waals surface area contributed by atoms with E-state index in [2.05, 4.69) is 4.98 Å². The fourth-order valence-corrected chi connectivity index (χ4v) is 4.21. The molecule has 2 aliphatic rings. The first-order valence-corrected chi connectivity index (χ1v) is 9.35. The standard InChI is InChI=1S/C21H22FN3O2/c22-18-7-1-4-15(10-18)12-25-19-14-24(13-17(19)5-2-8-20(25)26)21(27)16-6-3-9-23-11-16/h1,3-4,6-7,9-11,17,19H,2,5,8,12-14H2/t17-,19+/m1/s1. The van der Waals surface area contributed by atoms with Gasteiger partial charge in [-0.3, -0.25) is 14.6 Å². The molecule has 2 amide bonds. The molecule has 0 spiro atoms. The van der Waals surface area contributed by atoms with Gasteiger partial charge in [0.05, 0.1) is 11.6 Å². The number of likely N-dealkylation sites (tertiary alicyclic amines) is 2. The fraction of sp³-hybridized carbons (Fsp3) is 0.381. The number of aromatic nitrogens is 1. The second-order valence-corrected chi connectivity index (χ2v) is 7.32. The van der Waals surface area contributed by atoms with Gasteiger partial charge in [0.1, 0.15) is 5.82 Å². The third-order valence-electron chi connectivity index (χ3n) is 5.53. The highest BCUT2D eigenvalue weighted by Gasteiger charge is 2.41. The molecule has 3 heterocycles. The molecule has 0 bridgehead atoms. The van der Waals surface area contributed by atoms with Crippen LogP contribution in [0.15, 0.2) is 48.8 Å². The van der Waals surface area contributed by atoms with Gasteiger partial charge >= 0.3 is 0 Å². The van der Waals surface area contributed by atoms with Gasteiger partial charge in [0, 0.05) is 38.4 Å². The maximum Gasteiger partial charge on any atom is 0.255 e. The Morgan fingerprint density at radius 2 is 2.11 bits per heavy atom. The van der Waals surface area contributed by atoms with Crippen LogP contribution in [-0.4, -0.2) is 45.7 Å². The van der Waals surface area contributed by atoms with Crippen LogP contribution in [0.25, 0.3) is 0 Å². The molecule has 0 unspecified atom stereocenters. The minimum Gasteiger partial charge on any atom is -0.336 e. The largest absolute Gasteiger partial charge is 0.336 e. The van der Waals surface area contributed by atoms with E-state index < -0.39 is 0 Å². The zero-order valence-electron chi connectivity index (χ0n) is 15.1. The molecule has 2 aliphatic heterocycles. The van der Waals surface area contributed by atoms with Crippen LogP contribution in [0, 0.1) is 11.7 Å². The minimum absolute atomic E-state index is 0.0242. The van der Waals surface area contributed by atoms with Crippen LogP contribution in [0.5, 0.6) is 0 Å². The van der Waals surface area contributed by atoms with Crippen LogP contribution in [0.4, 0.5) is 4.39 Å². The van der Waals surface area contributed by atoms with Gasteiger partial charge in [-0.2, -0.15) is 0 Å². The highest BCUT2D eigenvalue weighted by Crippen LogP contribution is 2.32. The number of benzene rings is 1. The zero-order chi connectivity index (χ0) is 18.8. The topological polar surface area (TPSA) is 53.5 Å². The first kappa shape index (κ1) is 17.6. The molecule has 0 saturated carbocycles. The summed E-state index contributed by atoms with van der Waals surface area (Å²) in [5, 5.41) is 0. The molecule has 0 N–H and O–H groups in total. The van der Waals surface area contributed by atoms with E-state index in [1.54, 1.807) is 30.6 Å². The van der Waals surface area contributed by atoms with Crippen molar-refractivity contribution in [2.24, 2.45) is 5.92 Å². The van der Waals surface area contributed by atoms with Crippen molar-refractivity contribution in [3.8, 4) is 0 Å². The molecule has 2 atom stereocenters. The average molecular weight is 367 g/mol. The van der Waals surface area contributed by atoms with Crippen LogP contribution in [0.1, 0.15) is 35.2 Å². The van der Waals surface area contributed by atoms with Crippen molar-refractivity contribution >= 4 is 11.8 Å². The van der Waals surface area contributed by atoms with Crippen LogP contribution < -0.4 is 0 Å². The summed E-state index contributed by atoms with van der Waals surface area (Å²) < 4.78 is 13.6. The van der Waals surface area contributed by atoms with E-state index in [-0.39, 0.29) is 29.6 Å². The molecule has 2 aromatic rings. The monoisotopic (exact) mass is 367 g/mol. The minimum atomic E-state index is -0.300. The lowest BCUT2D eigenvalue weighted by molar-refractivity contribution is -0.133. The highest BCUT2D eigenvalue weighted by molar-refractivity contribution is 5.94. The van der Waals surface area contributed by atoms with E-state index in [0.29, 0.717) is 31.6 Å². The summed E-state index contributed by atoms with van der Waals surface area (Å²) in [4.78, 5) is 33.2. The summed E-state index contributed by atoms with van der Waals surface area (Å²) in [5.74, 6) is -0.00600. The maximum atomic E-state index is 13.6. The molecule has 6 heteroatoms. The van der Waals surface area contributed by atoms with Gasteiger partial charge in [-0.15, -0.1) is 0 Å².